The molecule has 70 valence electrons. The molecule has 1 atom stereocenters. The number of hydrazine groups is 1. The molecular formula is C4H9ClF4N2. The first kappa shape index (κ1) is 13.5. The van der Waals surface area contributed by atoms with Gasteiger partial charge in [-0.05, 0) is 6.92 Å². The quantitative estimate of drug-likeness (QED) is 0.404. The first-order chi connectivity index (χ1) is 4.42. The minimum Gasteiger partial charge on any atom is -0.271 e. The summed E-state index contributed by atoms with van der Waals surface area (Å²) in [4.78, 5) is 0. The van der Waals surface area contributed by atoms with Gasteiger partial charge < -0.3 is 0 Å². The van der Waals surface area contributed by atoms with Crippen molar-refractivity contribution in [1.82, 2.24) is 5.43 Å². The summed E-state index contributed by atoms with van der Waals surface area (Å²) in [6, 6.07) is -1.72. The molecule has 0 rings (SSSR count). The molecule has 0 heterocycles. The third-order valence-electron chi connectivity index (χ3n) is 1.12. The molecule has 0 aliphatic rings. The summed E-state index contributed by atoms with van der Waals surface area (Å²) in [5.41, 5.74) is 1.56. The van der Waals surface area contributed by atoms with Gasteiger partial charge in [-0.2, -0.15) is 8.78 Å². The fraction of sp³-hybridized carbons (Fsp3) is 1.00. The summed E-state index contributed by atoms with van der Waals surface area (Å²) in [5, 5.41) is 0. The molecule has 0 aromatic carbocycles. The van der Waals surface area contributed by atoms with Crippen LogP contribution in [0.4, 0.5) is 17.6 Å². The van der Waals surface area contributed by atoms with E-state index < -0.39 is 18.4 Å². The molecule has 0 saturated carbocycles. The van der Waals surface area contributed by atoms with Crippen LogP contribution in [0.1, 0.15) is 6.92 Å². The monoisotopic (exact) mass is 196 g/mol. The second kappa shape index (κ2) is 4.74. The number of hydrogen-bond donors (Lipinski definition) is 2. The van der Waals surface area contributed by atoms with Crippen LogP contribution < -0.4 is 11.3 Å². The molecule has 0 aliphatic carbocycles. The largest absolute Gasteiger partial charge is 0.323 e. The molecule has 0 fully saturated rings. The van der Waals surface area contributed by atoms with Crippen molar-refractivity contribution in [3.8, 4) is 0 Å². The maximum Gasteiger partial charge on any atom is 0.323 e. The first-order valence-electron chi connectivity index (χ1n) is 2.55. The summed E-state index contributed by atoms with van der Waals surface area (Å²) < 4.78 is 46.9. The second-order valence-electron chi connectivity index (χ2n) is 1.86. The molecule has 1 unspecified atom stereocenters. The zero-order valence-corrected chi connectivity index (χ0v) is 6.47. The lowest BCUT2D eigenvalue weighted by atomic mass is 10.2. The van der Waals surface area contributed by atoms with Gasteiger partial charge in [-0.15, -0.1) is 12.4 Å². The van der Waals surface area contributed by atoms with E-state index in [4.69, 9.17) is 0 Å². The molecule has 0 aromatic rings. The molecule has 7 heteroatoms. The number of rotatable bonds is 3. The Morgan fingerprint density at radius 3 is 1.82 bits per heavy atom. The van der Waals surface area contributed by atoms with Gasteiger partial charge in [-0.1, -0.05) is 0 Å². The SMILES string of the molecule is CC(NN)C(F)(F)C(F)F.Cl. The zero-order valence-electron chi connectivity index (χ0n) is 5.65. The minimum atomic E-state index is -4.06. The molecule has 3 N–H and O–H groups in total. The van der Waals surface area contributed by atoms with Crippen molar-refractivity contribution < 1.29 is 17.6 Å². The molecule has 0 amide bonds. The molecule has 0 radical (unpaired) electrons. The number of alkyl halides is 4. The maximum atomic E-state index is 12.0. The third kappa shape index (κ3) is 3.22. The average molecular weight is 197 g/mol. The van der Waals surface area contributed by atoms with E-state index in [0.717, 1.165) is 6.92 Å². The summed E-state index contributed by atoms with van der Waals surface area (Å²) in [6.07, 6.45) is -3.68. The molecule has 0 spiro atoms. The van der Waals surface area contributed by atoms with Gasteiger partial charge in [0, 0.05) is 0 Å². The van der Waals surface area contributed by atoms with E-state index in [9.17, 15) is 17.6 Å². The zero-order chi connectivity index (χ0) is 8.36. The van der Waals surface area contributed by atoms with Crippen molar-refractivity contribution in [2.24, 2.45) is 5.84 Å². The normalized spacial score (nSPS) is 14.5. The first-order valence-corrected chi connectivity index (χ1v) is 2.55. The van der Waals surface area contributed by atoms with E-state index in [1.165, 1.54) is 0 Å². The van der Waals surface area contributed by atoms with Crippen molar-refractivity contribution in [1.29, 1.82) is 0 Å². The van der Waals surface area contributed by atoms with Gasteiger partial charge in [-0.25, -0.2) is 8.78 Å². The van der Waals surface area contributed by atoms with E-state index in [0.29, 0.717) is 0 Å². The van der Waals surface area contributed by atoms with Crippen molar-refractivity contribution >= 4 is 12.4 Å². The lowest BCUT2D eigenvalue weighted by Crippen LogP contribution is -2.50. The second-order valence-corrected chi connectivity index (χ2v) is 1.86. The molecule has 0 saturated heterocycles. The van der Waals surface area contributed by atoms with Crippen molar-refractivity contribution in [2.75, 3.05) is 0 Å². The maximum absolute atomic E-state index is 12.0. The summed E-state index contributed by atoms with van der Waals surface area (Å²) in [7, 11) is 0. The Balaban J connectivity index is 0. The van der Waals surface area contributed by atoms with Gasteiger partial charge in [0.15, 0.2) is 0 Å². The van der Waals surface area contributed by atoms with Gasteiger partial charge in [-0.3, -0.25) is 11.3 Å². The van der Waals surface area contributed by atoms with E-state index in [-0.39, 0.29) is 12.4 Å². The number of hydrogen-bond acceptors (Lipinski definition) is 2. The van der Waals surface area contributed by atoms with E-state index in [2.05, 4.69) is 5.84 Å². The number of nitrogens with one attached hydrogen (secondary N) is 1. The van der Waals surface area contributed by atoms with Crippen LogP contribution in [0.25, 0.3) is 0 Å². The van der Waals surface area contributed by atoms with Crippen molar-refractivity contribution in [3.05, 3.63) is 0 Å². The summed E-state index contributed by atoms with van der Waals surface area (Å²) in [5.74, 6) is 0.472. The highest BCUT2D eigenvalue weighted by molar-refractivity contribution is 5.85. The van der Waals surface area contributed by atoms with Crippen LogP contribution >= 0.6 is 12.4 Å². The van der Waals surface area contributed by atoms with Crippen LogP contribution in [0.5, 0.6) is 0 Å². The minimum absolute atomic E-state index is 0. The van der Waals surface area contributed by atoms with Crippen molar-refractivity contribution in [3.63, 3.8) is 0 Å². The van der Waals surface area contributed by atoms with Gasteiger partial charge in [0.05, 0.1) is 6.04 Å². The highest BCUT2D eigenvalue weighted by atomic mass is 35.5. The van der Waals surface area contributed by atoms with Crippen molar-refractivity contribution in [2.45, 2.75) is 25.3 Å². The fourth-order valence-electron chi connectivity index (χ4n) is 0.300. The van der Waals surface area contributed by atoms with Crippen LogP contribution in [-0.2, 0) is 0 Å². The number of halogens is 5. The molecule has 0 bridgehead atoms. The van der Waals surface area contributed by atoms with E-state index >= 15 is 0 Å². The lowest BCUT2D eigenvalue weighted by molar-refractivity contribution is -0.146. The topological polar surface area (TPSA) is 38.0 Å². The Bertz CT molecular complexity index is 110. The fourth-order valence-corrected chi connectivity index (χ4v) is 0.300. The smallest absolute Gasteiger partial charge is 0.271 e. The standard InChI is InChI=1S/C4H8F4N2.ClH/c1-2(10-9)4(7,8)3(5)6;/h2-3,10H,9H2,1H3;1H. The molecular weight excluding hydrogens is 188 g/mol. The average Bonchev–Trinajstić information content (AvgIpc) is 1.86. The van der Waals surface area contributed by atoms with Crippen LogP contribution in [0.15, 0.2) is 0 Å². The van der Waals surface area contributed by atoms with Crippen LogP contribution in [-0.4, -0.2) is 18.4 Å². The highest BCUT2D eigenvalue weighted by Gasteiger charge is 2.45. The highest BCUT2D eigenvalue weighted by Crippen LogP contribution is 2.25. The Labute approximate surface area is 67.5 Å². The van der Waals surface area contributed by atoms with Crippen LogP contribution in [0.2, 0.25) is 0 Å². The van der Waals surface area contributed by atoms with Gasteiger partial charge >= 0.3 is 12.3 Å². The van der Waals surface area contributed by atoms with E-state index in [1.807, 2.05) is 0 Å². The Kier molecular flexibility index (Phi) is 5.82. The van der Waals surface area contributed by atoms with Gasteiger partial charge in [0.25, 0.3) is 0 Å². The summed E-state index contributed by atoms with van der Waals surface area (Å²) >= 11 is 0. The molecule has 11 heavy (non-hydrogen) atoms. The van der Waals surface area contributed by atoms with Gasteiger partial charge in [0.1, 0.15) is 0 Å². The van der Waals surface area contributed by atoms with Crippen LogP contribution in [0.3, 0.4) is 0 Å². The molecule has 0 aliphatic heterocycles. The van der Waals surface area contributed by atoms with Crippen LogP contribution in [0, 0.1) is 0 Å². The molecule has 0 aromatic heterocycles. The molecule has 2 nitrogen and oxygen atoms in total. The lowest BCUT2D eigenvalue weighted by Gasteiger charge is -2.21. The Hall–Kier alpha value is -0.0700. The van der Waals surface area contributed by atoms with Gasteiger partial charge in [0.2, 0.25) is 0 Å². The Morgan fingerprint density at radius 2 is 1.73 bits per heavy atom. The summed E-state index contributed by atoms with van der Waals surface area (Å²) in [6.45, 7) is 0.881. The third-order valence-corrected chi connectivity index (χ3v) is 1.12. The predicted octanol–water partition coefficient (Wildman–Crippen LogP) is 1.16. The number of nitrogens with two attached hydrogens (primary N) is 1. The van der Waals surface area contributed by atoms with E-state index in [1.54, 1.807) is 5.43 Å². The predicted molar refractivity (Wildman–Crippen MR) is 35.0 cm³/mol. The Morgan fingerprint density at radius 1 is 1.36 bits per heavy atom.